The Hall–Kier alpha value is -2.03. The summed E-state index contributed by atoms with van der Waals surface area (Å²) < 4.78 is 7.47. The SMILES string of the molecule is CSc1nc(NC2CC3CCC(C2)N3C(=O)OC(C)(C)C)n2ncc(C(C)C)c2n1. The van der Waals surface area contributed by atoms with Gasteiger partial charge in [0.1, 0.15) is 5.60 Å². The fraction of sp³-hybridized carbons (Fsp3) is 0.714. The Morgan fingerprint density at radius 3 is 2.47 bits per heavy atom. The van der Waals surface area contributed by atoms with Crippen molar-refractivity contribution in [3.63, 3.8) is 0 Å². The zero-order valence-electron chi connectivity index (χ0n) is 18.7. The lowest BCUT2D eigenvalue weighted by molar-refractivity contribution is 0.00681. The van der Waals surface area contributed by atoms with Gasteiger partial charge < -0.3 is 15.0 Å². The monoisotopic (exact) mass is 432 g/mol. The maximum Gasteiger partial charge on any atom is 0.410 e. The highest BCUT2D eigenvalue weighted by Crippen LogP contribution is 2.38. The molecular weight excluding hydrogens is 400 g/mol. The molecule has 2 aromatic heterocycles. The Labute approximate surface area is 182 Å². The molecule has 9 heteroatoms. The number of aromatic nitrogens is 4. The average Bonchev–Trinajstić information content (AvgIpc) is 3.19. The number of carbonyl (C=O) groups excluding carboxylic acids is 1. The van der Waals surface area contributed by atoms with Crippen LogP contribution in [0.15, 0.2) is 11.4 Å². The van der Waals surface area contributed by atoms with E-state index >= 15 is 0 Å². The lowest BCUT2D eigenvalue weighted by atomic mass is 9.98. The average molecular weight is 433 g/mol. The number of piperidine rings is 1. The molecule has 2 fully saturated rings. The summed E-state index contributed by atoms with van der Waals surface area (Å²) in [5, 5.41) is 8.91. The minimum atomic E-state index is -0.472. The van der Waals surface area contributed by atoms with E-state index in [0.717, 1.165) is 48.0 Å². The van der Waals surface area contributed by atoms with E-state index in [0.29, 0.717) is 5.92 Å². The fourth-order valence-electron chi connectivity index (χ4n) is 4.56. The van der Waals surface area contributed by atoms with Crippen LogP contribution >= 0.6 is 11.8 Å². The van der Waals surface area contributed by atoms with Gasteiger partial charge in [0.05, 0.1) is 6.20 Å². The van der Waals surface area contributed by atoms with E-state index in [2.05, 4.69) is 29.2 Å². The molecule has 164 valence electrons. The zero-order chi connectivity index (χ0) is 21.6. The topological polar surface area (TPSA) is 84.7 Å². The molecule has 2 aromatic rings. The third-order valence-electron chi connectivity index (χ3n) is 5.85. The van der Waals surface area contributed by atoms with Crippen LogP contribution in [-0.2, 0) is 4.74 Å². The van der Waals surface area contributed by atoms with Gasteiger partial charge in [-0.1, -0.05) is 25.6 Å². The molecule has 4 heterocycles. The number of carbonyl (C=O) groups is 1. The second-order valence-electron chi connectivity index (χ2n) is 9.61. The van der Waals surface area contributed by atoms with Gasteiger partial charge in [0, 0.05) is 23.7 Å². The van der Waals surface area contributed by atoms with Crippen molar-refractivity contribution in [3.8, 4) is 0 Å². The molecule has 2 aliphatic rings. The minimum absolute atomic E-state index is 0.184. The number of hydrogen-bond acceptors (Lipinski definition) is 7. The quantitative estimate of drug-likeness (QED) is 0.721. The van der Waals surface area contributed by atoms with Gasteiger partial charge in [0.2, 0.25) is 5.95 Å². The summed E-state index contributed by atoms with van der Waals surface area (Å²) >= 11 is 1.53. The van der Waals surface area contributed by atoms with Crippen molar-refractivity contribution >= 4 is 29.5 Å². The van der Waals surface area contributed by atoms with E-state index in [1.54, 1.807) is 0 Å². The van der Waals surface area contributed by atoms with E-state index in [1.165, 1.54) is 11.8 Å². The van der Waals surface area contributed by atoms with Gasteiger partial charge in [-0.05, 0) is 58.6 Å². The zero-order valence-corrected chi connectivity index (χ0v) is 19.5. The van der Waals surface area contributed by atoms with Crippen molar-refractivity contribution in [1.29, 1.82) is 0 Å². The molecule has 2 unspecified atom stereocenters. The van der Waals surface area contributed by atoms with Crippen molar-refractivity contribution in [3.05, 3.63) is 11.8 Å². The van der Waals surface area contributed by atoms with E-state index in [4.69, 9.17) is 9.72 Å². The molecule has 2 saturated heterocycles. The minimum Gasteiger partial charge on any atom is -0.444 e. The highest BCUT2D eigenvalue weighted by Gasteiger charge is 2.45. The third-order valence-corrected chi connectivity index (χ3v) is 6.40. The van der Waals surface area contributed by atoms with Crippen LogP contribution in [0.2, 0.25) is 0 Å². The molecule has 8 nitrogen and oxygen atoms in total. The first-order valence-electron chi connectivity index (χ1n) is 10.7. The van der Waals surface area contributed by atoms with Crippen molar-refractivity contribution in [2.24, 2.45) is 0 Å². The second kappa shape index (κ2) is 7.90. The van der Waals surface area contributed by atoms with E-state index < -0.39 is 5.60 Å². The van der Waals surface area contributed by atoms with Crippen LogP contribution in [0.3, 0.4) is 0 Å². The Kier molecular flexibility index (Phi) is 5.59. The molecule has 30 heavy (non-hydrogen) atoms. The third kappa shape index (κ3) is 4.08. The number of thioether (sulfide) groups is 1. The highest BCUT2D eigenvalue weighted by atomic mass is 32.2. The van der Waals surface area contributed by atoms with E-state index in [1.807, 2.05) is 42.6 Å². The van der Waals surface area contributed by atoms with Gasteiger partial charge in [0.15, 0.2) is 10.8 Å². The summed E-state index contributed by atoms with van der Waals surface area (Å²) in [5.41, 5.74) is 1.51. The van der Waals surface area contributed by atoms with Crippen LogP contribution in [0.5, 0.6) is 0 Å². The first kappa shape index (κ1) is 21.2. The van der Waals surface area contributed by atoms with Gasteiger partial charge in [-0.25, -0.2) is 9.78 Å². The lowest BCUT2D eigenvalue weighted by Gasteiger charge is -2.39. The number of amides is 1. The fourth-order valence-corrected chi connectivity index (χ4v) is 4.91. The first-order valence-corrected chi connectivity index (χ1v) is 12.0. The van der Waals surface area contributed by atoms with Gasteiger partial charge in [0.25, 0.3) is 0 Å². The van der Waals surface area contributed by atoms with Crippen LogP contribution in [0.4, 0.5) is 10.7 Å². The smallest absolute Gasteiger partial charge is 0.410 e. The molecule has 1 N–H and O–H groups in total. The number of ether oxygens (including phenoxy) is 1. The van der Waals surface area contributed by atoms with Gasteiger partial charge in [-0.2, -0.15) is 14.6 Å². The van der Waals surface area contributed by atoms with Crippen LogP contribution in [0.25, 0.3) is 5.65 Å². The number of nitrogens with one attached hydrogen (secondary N) is 1. The summed E-state index contributed by atoms with van der Waals surface area (Å²) in [6.45, 7) is 10.0. The Morgan fingerprint density at radius 1 is 1.23 bits per heavy atom. The van der Waals surface area contributed by atoms with Crippen molar-refractivity contribution in [1.82, 2.24) is 24.5 Å². The van der Waals surface area contributed by atoms with Gasteiger partial charge in [-0.3, -0.25) is 0 Å². The maximum atomic E-state index is 12.7. The molecule has 0 radical (unpaired) electrons. The first-order chi connectivity index (χ1) is 14.2. The number of rotatable bonds is 4. The predicted octanol–water partition coefficient (Wildman–Crippen LogP) is 4.31. The molecule has 2 aliphatic heterocycles. The van der Waals surface area contributed by atoms with Crippen LogP contribution in [0.1, 0.15) is 71.8 Å². The molecule has 2 atom stereocenters. The summed E-state index contributed by atoms with van der Waals surface area (Å²) in [7, 11) is 0. The Bertz CT molecular complexity index is 923. The predicted molar refractivity (Wildman–Crippen MR) is 118 cm³/mol. The molecule has 0 aliphatic carbocycles. The molecular formula is C21H32N6O2S. The van der Waals surface area contributed by atoms with Crippen LogP contribution in [-0.4, -0.2) is 60.6 Å². The summed E-state index contributed by atoms with van der Waals surface area (Å²) in [6, 6.07) is 0.648. The van der Waals surface area contributed by atoms with E-state index in [9.17, 15) is 4.79 Å². The molecule has 2 bridgehead atoms. The number of hydrogen-bond donors (Lipinski definition) is 1. The van der Waals surface area contributed by atoms with Crippen molar-refractivity contribution in [2.75, 3.05) is 11.6 Å². The highest BCUT2D eigenvalue weighted by molar-refractivity contribution is 7.98. The van der Waals surface area contributed by atoms with Crippen LogP contribution in [0, 0.1) is 0 Å². The standard InChI is InChI=1S/C21H32N6O2S/c1-12(2)16-11-22-27-17(16)24-19(30-6)25-18(27)23-13-9-14-7-8-15(10-13)26(14)20(28)29-21(3,4)5/h11-15H,7-10H2,1-6H3,(H,23,24,25). The molecule has 0 aromatic carbocycles. The summed E-state index contributed by atoms with van der Waals surface area (Å²) in [6.07, 6.45) is 7.51. The molecule has 1 amide bonds. The number of anilines is 1. The number of nitrogens with zero attached hydrogens (tertiary/aromatic N) is 5. The van der Waals surface area contributed by atoms with Crippen molar-refractivity contribution in [2.45, 2.75) is 95.1 Å². The van der Waals surface area contributed by atoms with Crippen LogP contribution < -0.4 is 5.32 Å². The lowest BCUT2D eigenvalue weighted by Crippen LogP contribution is -2.51. The van der Waals surface area contributed by atoms with Gasteiger partial charge in [-0.15, -0.1) is 0 Å². The normalized spacial score (nSPS) is 24.0. The summed E-state index contributed by atoms with van der Waals surface area (Å²) in [4.78, 5) is 24.1. The van der Waals surface area contributed by atoms with Gasteiger partial charge >= 0.3 is 6.09 Å². The largest absolute Gasteiger partial charge is 0.444 e. The second-order valence-corrected chi connectivity index (χ2v) is 10.4. The molecule has 4 rings (SSSR count). The molecule has 0 spiro atoms. The molecule has 0 saturated carbocycles. The Morgan fingerprint density at radius 2 is 1.90 bits per heavy atom. The Balaban J connectivity index is 1.54. The number of fused-ring (bicyclic) bond motifs is 3. The summed E-state index contributed by atoms with van der Waals surface area (Å²) in [5.74, 6) is 1.07. The maximum absolute atomic E-state index is 12.7. The van der Waals surface area contributed by atoms with E-state index in [-0.39, 0.29) is 24.2 Å². The van der Waals surface area contributed by atoms with Crippen molar-refractivity contribution < 1.29 is 9.53 Å².